The van der Waals surface area contributed by atoms with Gasteiger partial charge in [-0.1, -0.05) is 62.4 Å². The third-order valence-electron chi connectivity index (χ3n) is 4.82. The Labute approximate surface area is 145 Å². The second-order valence-electron chi connectivity index (χ2n) is 7.58. The summed E-state index contributed by atoms with van der Waals surface area (Å²) in [5, 5.41) is 14.0. The fraction of sp³-hybridized carbons (Fsp3) is 0.429. The maximum Gasteiger partial charge on any atom is 0.0909 e. The van der Waals surface area contributed by atoms with E-state index < -0.39 is 6.10 Å². The molecule has 3 nitrogen and oxygen atoms in total. The molecule has 0 saturated carbocycles. The largest absolute Gasteiger partial charge is 0.389 e. The molecule has 1 aliphatic rings. The lowest BCUT2D eigenvalue weighted by Crippen LogP contribution is -2.48. The van der Waals surface area contributed by atoms with Crippen LogP contribution in [0.25, 0.3) is 0 Å². The van der Waals surface area contributed by atoms with Crippen LogP contribution in [0.15, 0.2) is 54.6 Å². The molecule has 0 radical (unpaired) electrons. The number of para-hydroxylation sites is 1. The van der Waals surface area contributed by atoms with Gasteiger partial charge in [-0.15, -0.1) is 0 Å². The Morgan fingerprint density at radius 2 is 1.75 bits per heavy atom. The Morgan fingerprint density at radius 3 is 2.46 bits per heavy atom. The maximum atomic E-state index is 10.9. The lowest BCUT2D eigenvalue weighted by Gasteiger charge is -2.46. The van der Waals surface area contributed by atoms with Gasteiger partial charge in [0.2, 0.25) is 0 Å². The minimum atomic E-state index is -0.473. The molecule has 128 valence electrons. The summed E-state index contributed by atoms with van der Waals surface area (Å²) in [5.41, 5.74) is 3.96. The van der Waals surface area contributed by atoms with Crippen LogP contribution >= 0.6 is 0 Å². The zero-order valence-electron chi connectivity index (χ0n) is 14.9. The number of aliphatic hydroxyl groups is 1. The highest BCUT2D eigenvalue weighted by atomic mass is 16.3. The molecule has 0 saturated heterocycles. The van der Waals surface area contributed by atoms with E-state index >= 15 is 0 Å². The molecule has 0 aromatic heterocycles. The molecule has 0 fully saturated rings. The molecule has 2 atom stereocenters. The van der Waals surface area contributed by atoms with E-state index in [1.165, 1.54) is 11.3 Å². The van der Waals surface area contributed by atoms with Crippen LogP contribution < -0.4 is 10.2 Å². The van der Waals surface area contributed by atoms with Gasteiger partial charge < -0.3 is 15.3 Å². The van der Waals surface area contributed by atoms with E-state index in [4.69, 9.17) is 0 Å². The van der Waals surface area contributed by atoms with Crippen LogP contribution in [0.5, 0.6) is 0 Å². The first-order valence-corrected chi connectivity index (χ1v) is 8.74. The minimum Gasteiger partial charge on any atom is -0.389 e. The van der Waals surface area contributed by atoms with Crippen molar-refractivity contribution in [3.8, 4) is 0 Å². The van der Waals surface area contributed by atoms with Crippen LogP contribution in [0.3, 0.4) is 0 Å². The summed E-state index contributed by atoms with van der Waals surface area (Å²) >= 11 is 0. The Hall–Kier alpha value is -1.84. The highest BCUT2D eigenvalue weighted by Crippen LogP contribution is 2.41. The molecule has 3 heteroatoms. The molecule has 0 spiro atoms. The summed E-state index contributed by atoms with van der Waals surface area (Å²) in [6, 6.07) is 18.9. The van der Waals surface area contributed by atoms with E-state index in [-0.39, 0.29) is 11.5 Å². The smallest absolute Gasteiger partial charge is 0.0909 e. The highest BCUT2D eigenvalue weighted by Gasteiger charge is 2.36. The lowest BCUT2D eigenvalue weighted by atomic mass is 9.79. The topological polar surface area (TPSA) is 35.5 Å². The molecule has 0 amide bonds. The summed E-state index contributed by atoms with van der Waals surface area (Å²) in [6.45, 7) is 6.12. The first kappa shape index (κ1) is 17.0. The number of rotatable bonds is 5. The zero-order chi connectivity index (χ0) is 17.2. The number of fused-ring (bicyclic) bond motifs is 1. The predicted molar refractivity (Wildman–Crippen MR) is 100 cm³/mol. The molecular weight excluding hydrogens is 296 g/mol. The van der Waals surface area contributed by atoms with E-state index in [0.29, 0.717) is 6.54 Å². The first-order valence-electron chi connectivity index (χ1n) is 8.74. The normalized spacial score (nSPS) is 18.8. The SMILES string of the molecule is CNC[C@@H](O)[C@H](c1ccccc1)N1CC(C)(C)Cc2ccccc21. The number of nitrogens with one attached hydrogen (secondary N) is 1. The highest BCUT2D eigenvalue weighted by molar-refractivity contribution is 5.58. The molecule has 1 heterocycles. The Morgan fingerprint density at radius 1 is 1.08 bits per heavy atom. The number of hydrogen-bond donors (Lipinski definition) is 2. The third-order valence-corrected chi connectivity index (χ3v) is 4.82. The van der Waals surface area contributed by atoms with Crippen LogP contribution in [0, 0.1) is 5.41 Å². The van der Waals surface area contributed by atoms with Gasteiger partial charge in [0, 0.05) is 18.8 Å². The molecule has 3 rings (SSSR count). The molecule has 0 bridgehead atoms. The third kappa shape index (κ3) is 3.47. The summed E-state index contributed by atoms with van der Waals surface area (Å²) in [6.07, 6.45) is 0.600. The van der Waals surface area contributed by atoms with Crippen LogP contribution in [-0.4, -0.2) is 31.3 Å². The van der Waals surface area contributed by atoms with Gasteiger partial charge in [-0.3, -0.25) is 0 Å². The van der Waals surface area contributed by atoms with Gasteiger partial charge in [0.1, 0.15) is 0 Å². The molecule has 0 unspecified atom stereocenters. The van der Waals surface area contributed by atoms with Crippen LogP contribution in [0.4, 0.5) is 5.69 Å². The fourth-order valence-electron chi connectivity index (χ4n) is 3.89. The van der Waals surface area contributed by atoms with Crippen molar-refractivity contribution in [3.63, 3.8) is 0 Å². The van der Waals surface area contributed by atoms with Crippen molar-refractivity contribution in [2.24, 2.45) is 5.41 Å². The van der Waals surface area contributed by atoms with Crippen LogP contribution in [-0.2, 0) is 6.42 Å². The van der Waals surface area contributed by atoms with Gasteiger partial charge >= 0.3 is 0 Å². The molecule has 24 heavy (non-hydrogen) atoms. The second-order valence-corrected chi connectivity index (χ2v) is 7.58. The van der Waals surface area contributed by atoms with Crippen molar-refractivity contribution in [2.75, 3.05) is 25.0 Å². The van der Waals surface area contributed by atoms with Gasteiger partial charge in [-0.2, -0.15) is 0 Å². The van der Waals surface area contributed by atoms with Crippen molar-refractivity contribution >= 4 is 5.69 Å². The average Bonchev–Trinajstić information content (AvgIpc) is 2.55. The molecule has 2 N–H and O–H groups in total. The van der Waals surface area contributed by atoms with Gasteiger partial charge in [0.05, 0.1) is 12.1 Å². The molecule has 2 aromatic carbocycles. The van der Waals surface area contributed by atoms with Gasteiger partial charge in [-0.25, -0.2) is 0 Å². The van der Waals surface area contributed by atoms with Crippen LogP contribution in [0.1, 0.15) is 31.0 Å². The molecule has 2 aromatic rings. The summed E-state index contributed by atoms with van der Waals surface area (Å²) in [7, 11) is 1.89. The Kier molecular flexibility index (Phi) is 4.93. The van der Waals surface area contributed by atoms with Crippen molar-refractivity contribution < 1.29 is 5.11 Å². The number of anilines is 1. The number of likely N-dealkylation sites (N-methyl/N-ethyl adjacent to an activating group) is 1. The summed E-state index contributed by atoms with van der Waals surface area (Å²) < 4.78 is 0. The molecule has 0 aliphatic carbocycles. The van der Waals surface area contributed by atoms with Gasteiger partial charge in [0.25, 0.3) is 0 Å². The Balaban J connectivity index is 2.07. The monoisotopic (exact) mass is 324 g/mol. The van der Waals surface area contributed by atoms with E-state index in [0.717, 1.165) is 18.5 Å². The van der Waals surface area contributed by atoms with E-state index in [1.54, 1.807) is 0 Å². The van der Waals surface area contributed by atoms with E-state index in [9.17, 15) is 5.11 Å². The second kappa shape index (κ2) is 6.96. The predicted octanol–water partition coefficient (Wildman–Crippen LogP) is 3.40. The van der Waals surface area contributed by atoms with Crippen molar-refractivity contribution in [1.29, 1.82) is 0 Å². The van der Waals surface area contributed by atoms with Crippen molar-refractivity contribution in [3.05, 3.63) is 65.7 Å². The van der Waals surface area contributed by atoms with Crippen LogP contribution in [0.2, 0.25) is 0 Å². The number of aliphatic hydroxyl groups excluding tert-OH is 1. The van der Waals surface area contributed by atoms with Crippen molar-refractivity contribution in [1.82, 2.24) is 5.32 Å². The Bertz CT molecular complexity index is 669. The number of benzene rings is 2. The van der Waals surface area contributed by atoms with E-state index in [1.807, 2.05) is 13.1 Å². The lowest BCUT2D eigenvalue weighted by molar-refractivity contribution is 0.134. The quantitative estimate of drug-likeness (QED) is 0.885. The first-order chi connectivity index (χ1) is 11.5. The van der Waals surface area contributed by atoms with E-state index in [2.05, 4.69) is 72.6 Å². The average molecular weight is 324 g/mol. The van der Waals surface area contributed by atoms with Crippen molar-refractivity contribution in [2.45, 2.75) is 32.4 Å². The maximum absolute atomic E-state index is 10.9. The summed E-state index contributed by atoms with van der Waals surface area (Å²) in [5.74, 6) is 0. The van der Waals surface area contributed by atoms with Gasteiger partial charge in [-0.05, 0) is 36.1 Å². The summed E-state index contributed by atoms with van der Waals surface area (Å²) in [4.78, 5) is 2.40. The standard InChI is InChI=1S/C21H28N2O/c1-21(2)13-17-11-7-8-12-18(17)23(15-21)20(19(24)14-22-3)16-9-5-4-6-10-16/h4-12,19-20,22,24H,13-15H2,1-3H3/t19-,20+/m1/s1. The molecular formula is C21H28N2O. The fourth-order valence-corrected chi connectivity index (χ4v) is 3.89. The number of hydrogen-bond acceptors (Lipinski definition) is 3. The minimum absolute atomic E-state index is 0.0561. The van der Waals surface area contributed by atoms with Gasteiger partial charge in [0.15, 0.2) is 0 Å². The number of nitrogens with zero attached hydrogens (tertiary/aromatic N) is 1. The zero-order valence-corrected chi connectivity index (χ0v) is 14.9. The molecule has 1 aliphatic heterocycles.